The van der Waals surface area contributed by atoms with Crippen molar-refractivity contribution in [3.05, 3.63) is 23.6 Å². The van der Waals surface area contributed by atoms with Crippen LogP contribution in [0.25, 0.3) is 0 Å². The molecular formula is C13H18FN3O2. The van der Waals surface area contributed by atoms with Gasteiger partial charge in [-0.1, -0.05) is 0 Å². The van der Waals surface area contributed by atoms with Gasteiger partial charge >= 0.3 is 0 Å². The van der Waals surface area contributed by atoms with E-state index in [1.54, 1.807) is 11.9 Å². The van der Waals surface area contributed by atoms with Gasteiger partial charge in [-0.2, -0.15) is 0 Å². The van der Waals surface area contributed by atoms with Crippen LogP contribution in [0.2, 0.25) is 0 Å². The van der Waals surface area contributed by atoms with Gasteiger partial charge in [0.2, 0.25) is 0 Å². The van der Waals surface area contributed by atoms with Gasteiger partial charge in [-0.05, 0) is 19.9 Å². The van der Waals surface area contributed by atoms with Gasteiger partial charge in [-0.15, -0.1) is 0 Å². The normalized spacial score (nSPS) is 23.3. The third-order valence-electron chi connectivity index (χ3n) is 3.23. The molecule has 1 aromatic rings. The van der Waals surface area contributed by atoms with Crippen molar-refractivity contribution in [3.63, 3.8) is 0 Å². The Kier molecular flexibility index (Phi) is 3.99. The topological polar surface area (TPSA) is 54.5 Å². The highest BCUT2D eigenvalue weighted by Crippen LogP contribution is 2.20. The van der Waals surface area contributed by atoms with E-state index in [0.717, 1.165) is 0 Å². The highest BCUT2D eigenvalue weighted by molar-refractivity contribution is 5.95. The highest BCUT2D eigenvalue weighted by Gasteiger charge is 2.30. The minimum atomic E-state index is -0.610. The molecule has 19 heavy (non-hydrogen) atoms. The smallest absolute Gasteiger partial charge is 0.257 e. The number of rotatable bonds is 2. The van der Waals surface area contributed by atoms with E-state index in [1.807, 2.05) is 13.8 Å². The van der Waals surface area contributed by atoms with Gasteiger partial charge in [-0.3, -0.25) is 4.79 Å². The van der Waals surface area contributed by atoms with Crippen LogP contribution in [0, 0.1) is 5.82 Å². The molecule has 1 aliphatic heterocycles. The molecule has 0 aromatic carbocycles. The molecule has 1 amide bonds. The third kappa shape index (κ3) is 2.68. The van der Waals surface area contributed by atoms with Crippen molar-refractivity contribution in [3.8, 4) is 0 Å². The van der Waals surface area contributed by atoms with E-state index in [1.165, 1.54) is 12.3 Å². The molecular weight excluding hydrogens is 249 g/mol. The maximum atomic E-state index is 14.1. The molecule has 1 saturated heterocycles. The van der Waals surface area contributed by atoms with E-state index in [2.05, 4.69) is 10.3 Å². The van der Waals surface area contributed by atoms with Gasteiger partial charge < -0.3 is 15.0 Å². The largest absolute Gasteiger partial charge is 0.375 e. The summed E-state index contributed by atoms with van der Waals surface area (Å²) >= 11 is 0. The van der Waals surface area contributed by atoms with Gasteiger partial charge in [-0.25, -0.2) is 9.37 Å². The van der Waals surface area contributed by atoms with Crippen LogP contribution in [-0.4, -0.2) is 48.1 Å². The number of anilines is 1. The van der Waals surface area contributed by atoms with Crippen LogP contribution < -0.4 is 5.32 Å². The summed E-state index contributed by atoms with van der Waals surface area (Å²) in [6.45, 7) is 4.73. The highest BCUT2D eigenvalue weighted by atomic mass is 19.1. The van der Waals surface area contributed by atoms with Crippen molar-refractivity contribution in [2.24, 2.45) is 0 Å². The molecule has 1 fully saturated rings. The van der Waals surface area contributed by atoms with E-state index in [4.69, 9.17) is 4.74 Å². The summed E-state index contributed by atoms with van der Waals surface area (Å²) in [6.07, 6.45) is 1.39. The fourth-order valence-electron chi connectivity index (χ4n) is 2.12. The zero-order valence-electron chi connectivity index (χ0n) is 11.3. The maximum absolute atomic E-state index is 14.1. The monoisotopic (exact) mass is 267 g/mol. The summed E-state index contributed by atoms with van der Waals surface area (Å²) < 4.78 is 19.6. The Morgan fingerprint density at radius 3 is 3.00 bits per heavy atom. The van der Waals surface area contributed by atoms with Crippen molar-refractivity contribution in [1.29, 1.82) is 0 Å². The van der Waals surface area contributed by atoms with E-state index < -0.39 is 5.82 Å². The van der Waals surface area contributed by atoms with Crippen LogP contribution in [0.3, 0.4) is 0 Å². The van der Waals surface area contributed by atoms with Crippen molar-refractivity contribution in [1.82, 2.24) is 9.88 Å². The van der Waals surface area contributed by atoms with Crippen LogP contribution in [0.5, 0.6) is 0 Å². The molecule has 0 saturated carbocycles. The number of nitrogens with zero attached hydrogens (tertiary/aromatic N) is 2. The lowest BCUT2D eigenvalue weighted by Crippen LogP contribution is -2.50. The Hall–Kier alpha value is -1.69. The zero-order chi connectivity index (χ0) is 14.0. The molecule has 104 valence electrons. The quantitative estimate of drug-likeness (QED) is 0.882. The number of morpholine rings is 1. The predicted octanol–water partition coefficient (Wildman–Crippen LogP) is 1.51. The number of halogens is 1. The van der Waals surface area contributed by atoms with Gasteiger partial charge in [0.15, 0.2) is 11.6 Å². The minimum Gasteiger partial charge on any atom is -0.375 e. The van der Waals surface area contributed by atoms with E-state index in [9.17, 15) is 9.18 Å². The lowest BCUT2D eigenvalue weighted by molar-refractivity contribution is -0.0388. The second-order valence-electron chi connectivity index (χ2n) is 4.72. The summed E-state index contributed by atoms with van der Waals surface area (Å²) in [7, 11) is 1.57. The first-order valence-electron chi connectivity index (χ1n) is 6.29. The summed E-state index contributed by atoms with van der Waals surface area (Å²) in [6, 6.07) is 1.35. The molecule has 2 rings (SSSR count). The van der Waals surface area contributed by atoms with Gasteiger partial charge in [0.1, 0.15) is 0 Å². The second-order valence-corrected chi connectivity index (χ2v) is 4.72. The van der Waals surface area contributed by atoms with Crippen LogP contribution in [0.4, 0.5) is 10.2 Å². The molecule has 1 N–H and O–H groups in total. The van der Waals surface area contributed by atoms with Gasteiger partial charge in [0, 0.05) is 19.8 Å². The summed E-state index contributed by atoms with van der Waals surface area (Å²) in [5.74, 6) is -0.847. The van der Waals surface area contributed by atoms with E-state index >= 15 is 0 Å². The molecule has 5 nitrogen and oxygen atoms in total. The first kappa shape index (κ1) is 13.7. The number of hydrogen-bond donors (Lipinski definition) is 1. The van der Waals surface area contributed by atoms with Crippen molar-refractivity contribution >= 4 is 11.7 Å². The molecule has 0 radical (unpaired) electrons. The molecule has 0 spiro atoms. The Morgan fingerprint density at radius 1 is 1.58 bits per heavy atom. The SMILES string of the molecule is CNc1nccc(C(=O)N2CC(C)OCC2C)c1F. The predicted molar refractivity (Wildman–Crippen MR) is 69.7 cm³/mol. The zero-order valence-corrected chi connectivity index (χ0v) is 11.3. The number of pyridine rings is 1. The average Bonchev–Trinajstić information content (AvgIpc) is 2.41. The van der Waals surface area contributed by atoms with Crippen LogP contribution in [-0.2, 0) is 4.74 Å². The fourth-order valence-corrected chi connectivity index (χ4v) is 2.12. The molecule has 2 unspecified atom stereocenters. The first-order chi connectivity index (χ1) is 9.04. The Labute approximate surface area is 111 Å². The number of aromatic nitrogens is 1. The Bertz CT molecular complexity index is 481. The molecule has 1 aromatic heterocycles. The van der Waals surface area contributed by atoms with Crippen LogP contribution >= 0.6 is 0 Å². The van der Waals surface area contributed by atoms with Crippen molar-refractivity contribution in [2.45, 2.75) is 26.0 Å². The van der Waals surface area contributed by atoms with Crippen molar-refractivity contribution in [2.75, 3.05) is 25.5 Å². The third-order valence-corrected chi connectivity index (χ3v) is 3.23. The average molecular weight is 267 g/mol. The van der Waals surface area contributed by atoms with Gasteiger partial charge in [0.25, 0.3) is 5.91 Å². The lowest BCUT2D eigenvalue weighted by Gasteiger charge is -2.36. The standard InChI is InChI=1S/C13H18FN3O2/c1-8-7-19-9(2)6-17(8)13(18)10-4-5-16-12(15-3)11(10)14/h4-5,8-9H,6-7H2,1-3H3,(H,15,16). The van der Waals surface area contributed by atoms with Crippen molar-refractivity contribution < 1.29 is 13.9 Å². The number of hydrogen-bond acceptors (Lipinski definition) is 4. The second kappa shape index (κ2) is 5.52. The summed E-state index contributed by atoms with van der Waals surface area (Å²) in [4.78, 5) is 17.9. The molecule has 1 aliphatic rings. The molecule has 0 aliphatic carbocycles. The van der Waals surface area contributed by atoms with E-state index in [-0.39, 0.29) is 29.4 Å². The van der Waals surface area contributed by atoms with Crippen LogP contribution in [0.15, 0.2) is 12.3 Å². The minimum absolute atomic E-state index is 0.0335. The number of amides is 1. The number of carbonyl (C=O) groups is 1. The Balaban J connectivity index is 2.28. The first-order valence-corrected chi connectivity index (χ1v) is 6.29. The number of nitrogens with one attached hydrogen (secondary N) is 1. The Morgan fingerprint density at radius 2 is 2.32 bits per heavy atom. The molecule has 2 atom stereocenters. The fraction of sp³-hybridized carbons (Fsp3) is 0.538. The summed E-state index contributed by atoms with van der Waals surface area (Å²) in [5, 5.41) is 2.63. The maximum Gasteiger partial charge on any atom is 0.257 e. The lowest BCUT2D eigenvalue weighted by atomic mass is 10.1. The van der Waals surface area contributed by atoms with E-state index in [0.29, 0.717) is 13.2 Å². The number of carbonyl (C=O) groups excluding carboxylic acids is 1. The van der Waals surface area contributed by atoms with Crippen LogP contribution in [0.1, 0.15) is 24.2 Å². The summed E-state index contributed by atoms with van der Waals surface area (Å²) in [5.41, 5.74) is 0.0419. The molecule has 2 heterocycles. The molecule has 6 heteroatoms. The van der Waals surface area contributed by atoms with Gasteiger partial charge in [0.05, 0.1) is 24.3 Å². The molecule has 0 bridgehead atoms. The number of ether oxygens (including phenoxy) is 1.